The van der Waals surface area contributed by atoms with Crippen LogP contribution in [0.4, 0.5) is 5.69 Å². The number of benzene rings is 2. The predicted octanol–water partition coefficient (Wildman–Crippen LogP) is 4.92. The van der Waals surface area contributed by atoms with Gasteiger partial charge in [-0.15, -0.1) is 11.3 Å². The minimum Gasteiger partial charge on any atom is -0.343 e. The Morgan fingerprint density at radius 3 is 2.31 bits per heavy atom. The molecular formula is C26H31N3O2S. The SMILES string of the molecule is CCCN(CC(=O)Nc1ccccc1C)CC(=O)NC(c1ccc(C)cc1)c1cccs1. The summed E-state index contributed by atoms with van der Waals surface area (Å²) in [7, 11) is 0. The van der Waals surface area contributed by atoms with Gasteiger partial charge in [0, 0.05) is 10.6 Å². The summed E-state index contributed by atoms with van der Waals surface area (Å²) < 4.78 is 0. The fraction of sp³-hybridized carbons (Fsp3) is 0.308. The highest BCUT2D eigenvalue weighted by Crippen LogP contribution is 2.26. The number of carbonyl (C=O) groups is 2. The van der Waals surface area contributed by atoms with Crippen molar-refractivity contribution >= 4 is 28.8 Å². The van der Waals surface area contributed by atoms with Gasteiger partial charge in [-0.05, 0) is 55.5 Å². The van der Waals surface area contributed by atoms with Crippen LogP contribution in [0.15, 0.2) is 66.0 Å². The number of amides is 2. The molecule has 3 rings (SSSR count). The third-order valence-corrected chi connectivity index (χ3v) is 6.17. The van der Waals surface area contributed by atoms with Crippen molar-refractivity contribution in [1.82, 2.24) is 10.2 Å². The van der Waals surface area contributed by atoms with E-state index in [1.165, 1.54) is 5.56 Å². The number of hydrogen-bond donors (Lipinski definition) is 2. The van der Waals surface area contributed by atoms with Gasteiger partial charge in [0.1, 0.15) is 0 Å². The summed E-state index contributed by atoms with van der Waals surface area (Å²) in [6.07, 6.45) is 0.858. The van der Waals surface area contributed by atoms with Gasteiger partial charge >= 0.3 is 0 Å². The molecular weight excluding hydrogens is 418 g/mol. The molecule has 2 N–H and O–H groups in total. The topological polar surface area (TPSA) is 61.4 Å². The first-order valence-corrected chi connectivity index (χ1v) is 11.8. The summed E-state index contributed by atoms with van der Waals surface area (Å²) in [6, 6.07) is 19.7. The third kappa shape index (κ3) is 6.77. The lowest BCUT2D eigenvalue weighted by Crippen LogP contribution is -2.42. The molecule has 1 atom stereocenters. The number of aryl methyl sites for hydroxylation is 2. The largest absolute Gasteiger partial charge is 0.343 e. The molecule has 0 bridgehead atoms. The Morgan fingerprint density at radius 1 is 0.938 bits per heavy atom. The van der Waals surface area contributed by atoms with Crippen molar-refractivity contribution in [3.63, 3.8) is 0 Å². The zero-order chi connectivity index (χ0) is 22.9. The average Bonchev–Trinajstić information content (AvgIpc) is 3.29. The molecule has 1 unspecified atom stereocenters. The highest BCUT2D eigenvalue weighted by Gasteiger charge is 2.20. The van der Waals surface area contributed by atoms with Crippen LogP contribution >= 0.6 is 11.3 Å². The van der Waals surface area contributed by atoms with Gasteiger partial charge < -0.3 is 10.6 Å². The highest BCUT2D eigenvalue weighted by molar-refractivity contribution is 7.10. The number of thiophene rings is 1. The fourth-order valence-corrected chi connectivity index (χ4v) is 4.38. The second-order valence-electron chi connectivity index (χ2n) is 8.00. The Labute approximate surface area is 194 Å². The van der Waals surface area contributed by atoms with Crippen molar-refractivity contribution in [3.05, 3.63) is 87.6 Å². The summed E-state index contributed by atoms with van der Waals surface area (Å²) in [5.41, 5.74) is 4.04. The quantitative estimate of drug-likeness (QED) is 0.462. The molecule has 0 aliphatic carbocycles. The van der Waals surface area contributed by atoms with E-state index in [-0.39, 0.29) is 30.9 Å². The predicted molar refractivity (Wildman–Crippen MR) is 132 cm³/mol. The maximum absolute atomic E-state index is 13.0. The van der Waals surface area contributed by atoms with Gasteiger partial charge in [-0.25, -0.2) is 0 Å². The van der Waals surface area contributed by atoms with Gasteiger partial charge in [0.15, 0.2) is 0 Å². The minimum absolute atomic E-state index is 0.0962. The number of hydrogen-bond acceptors (Lipinski definition) is 4. The molecule has 0 radical (unpaired) electrons. The van der Waals surface area contributed by atoms with Crippen molar-refractivity contribution in [2.24, 2.45) is 0 Å². The van der Waals surface area contributed by atoms with Crippen molar-refractivity contribution in [2.45, 2.75) is 33.2 Å². The molecule has 2 amide bonds. The van der Waals surface area contributed by atoms with Crippen LogP contribution in [0.3, 0.4) is 0 Å². The lowest BCUT2D eigenvalue weighted by atomic mass is 10.0. The molecule has 32 heavy (non-hydrogen) atoms. The van der Waals surface area contributed by atoms with Crippen molar-refractivity contribution in [3.8, 4) is 0 Å². The molecule has 0 saturated carbocycles. The number of para-hydroxylation sites is 1. The molecule has 0 fully saturated rings. The molecule has 0 spiro atoms. The molecule has 168 valence electrons. The molecule has 5 nitrogen and oxygen atoms in total. The van der Waals surface area contributed by atoms with Gasteiger partial charge in [0.05, 0.1) is 19.1 Å². The summed E-state index contributed by atoms with van der Waals surface area (Å²) in [5.74, 6) is -0.213. The first-order valence-electron chi connectivity index (χ1n) is 10.9. The van der Waals surface area contributed by atoms with E-state index in [0.29, 0.717) is 6.54 Å². The normalized spacial score (nSPS) is 11.9. The molecule has 1 heterocycles. The van der Waals surface area contributed by atoms with E-state index in [0.717, 1.165) is 28.1 Å². The van der Waals surface area contributed by atoms with Crippen LogP contribution in [0.2, 0.25) is 0 Å². The van der Waals surface area contributed by atoms with Gasteiger partial charge in [-0.3, -0.25) is 14.5 Å². The molecule has 2 aromatic carbocycles. The van der Waals surface area contributed by atoms with Crippen molar-refractivity contribution < 1.29 is 9.59 Å². The summed E-state index contributed by atoms with van der Waals surface area (Å²) in [6.45, 7) is 7.07. The molecule has 1 aromatic heterocycles. The molecule has 0 aliphatic heterocycles. The van der Waals surface area contributed by atoms with E-state index in [1.807, 2.05) is 67.4 Å². The summed E-state index contributed by atoms with van der Waals surface area (Å²) >= 11 is 1.62. The van der Waals surface area contributed by atoms with Crippen LogP contribution in [0.1, 0.15) is 41.0 Å². The molecule has 3 aromatic rings. The zero-order valence-corrected chi connectivity index (χ0v) is 19.7. The van der Waals surface area contributed by atoms with E-state index in [4.69, 9.17) is 0 Å². The number of carbonyl (C=O) groups excluding carboxylic acids is 2. The van der Waals surface area contributed by atoms with E-state index in [1.54, 1.807) is 11.3 Å². The standard InChI is InChI=1S/C26H31N3O2S/c1-4-15-29(17-24(30)27-22-9-6-5-8-20(22)3)18-25(31)28-26(23-10-7-16-32-23)21-13-11-19(2)12-14-21/h5-14,16,26H,4,15,17-18H2,1-3H3,(H,27,30)(H,28,31). The van der Waals surface area contributed by atoms with Gasteiger partial charge in [-0.2, -0.15) is 0 Å². The number of nitrogens with zero attached hydrogens (tertiary/aromatic N) is 1. The van der Waals surface area contributed by atoms with Crippen LogP contribution in [0.25, 0.3) is 0 Å². The smallest absolute Gasteiger partial charge is 0.238 e. The van der Waals surface area contributed by atoms with Crippen LogP contribution in [-0.2, 0) is 9.59 Å². The maximum atomic E-state index is 13.0. The summed E-state index contributed by atoms with van der Waals surface area (Å²) in [4.78, 5) is 28.6. The van der Waals surface area contributed by atoms with E-state index >= 15 is 0 Å². The Balaban J connectivity index is 1.65. The van der Waals surface area contributed by atoms with E-state index < -0.39 is 0 Å². The number of anilines is 1. The minimum atomic E-state index is -0.202. The van der Waals surface area contributed by atoms with E-state index in [9.17, 15) is 9.59 Å². The summed E-state index contributed by atoms with van der Waals surface area (Å²) in [5, 5.41) is 8.15. The maximum Gasteiger partial charge on any atom is 0.238 e. The average molecular weight is 450 g/mol. The van der Waals surface area contributed by atoms with Gasteiger partial charge in [-0.1, -0.05) is 61.0 Å². The first kappa shape index (κ1) is 23.7. The monoisotopic (exact) mass is 449 g/mol. The number of rotatable bonds is 10. The second kappa shape index (κ2) is 11.6. The van der Waals surface area contributed by atoms with Crippen LogP contribution in [-0.4, -0.2) is 36.3 Å². The van der Waals surface area contributed by atoms with Crippen molar-refractivity contribution in [2.75, 3.05) is 25.0 Å². The zero-order valence-electron chi connectivity index (χ0n) is 18.9. The first-order chi connectivity index (χ1) is 15.5. The van der Waals surface area contributed by atoms with E-state index in [2.05, 4.69) is 34.9 Å². The Hall–Kier alpha value is -2.96. The van der Waals surface area contributed by atoms with Crippen LogP contribution in [0.5, 0.6) is 0 Å². The molecule has 0 aliphatic rings. The van der Waals surface area contributed by atoms with Crippen LogP contribution in [0, 0.1) is 13.8 Å². The highest BCUT2D eigenvalue weighted by atomic mass is 32.1. The Morgan fingerprint density at radius 2 is 1.66 bits per heavy atom. The molecule has 0 saturated heterocycles. The third-order valence-electron chi connectivity index (χ3n) is 5.24. The van der Waals surface area contributed by atoms with Crippen molar-refractivity contribution in [1.29, 1.82) is 0 Å². The lowest BCUT2D eigenvalue weighted by molar-refractivity contribution is -0.123. The van der Waals surface area contributed by atoms with Crippen LogP contribution < -0.4 is 10.6 Å². The molecule has 6 heteroatoms. The Bertz CT molecular complexity index is 1020. The van der Waals surface area contributed by atoms with Gasteiger partial charge in [0.2, 0.25) is 11.8 Å². The van der Waals surface area contributed by atoms with Gasteiger partial charge in [0.25, 0.3) is 0 Å². The number of nitrogens with one attached hydrogen (secondary N) is 2. The lowest BCUT2D eigenvalue weighted by Gasteiger charge is -2.23. The fourth-order valence-electron chi connectivity index (χ4n) is 3.58. The second-order valence-corrected chi connectivity index (χ2v) is 8.98. The Kier molecular flexibility index (Phi) is 8.59.